The Balaban J connectivity index is 1.84. The lowest BCUT2D eigenvalue weighted by molar-refractivity contribution is -0.133. The molecule has 1 amide bonds. The fourth-order valence-electron chi connectivity index (χ4n) is 3.76. The number of carbonyl (C=O) groups excluding carboxylic acids is 1. The lowest BCUT2D eigenvalue weighted by Crippen LogP contribution is -2.46. The van der Waals surface area contributed by atoms with Gasteiger partial charge in [0, 0.05) is 34.6 Å². The number of aromatic amines is 1. The molecule has 0 saturated carbocycles. The Morgan fingerprint density at radius 1 is 1.38 bits per heavy atom. The summed E-state index contributed by atoms with van der Waals surface area (Å²) in [4.78, 5) is 17.9. The van der Waals surface area contributed by atoms with Gasteiger partial charge in [0.15, 0.2) is 0 Å². The third-order valence-corrected chi connectivity index (χ3v) is 4.92. The average molecular weight is 282 g/mol. The molecule has 2 aromatic rings. The monoisotopic (exact) mass is 282 g/mol. The molecule has 0 radical (unpaired) electrons. The van der Waals surface area contributed by atoms with Gasteiger partial charge in [-0.3, -0.25) is 4.79 Å². The Labute approximate surface area is 123 Å². The first-order chi connectivity index (χ1) is 10.2. The minimum absolute atomic E-state index is 0.00499. The van der Waals surface area contributed by atoms with Gasteiger partial charge in [-0.1, -0.05) is 24.8 Å². The van der Waals surface area contributed by atoms with Crippen molar-refractivity contribution in [1.29, 1.82) is 0 Å². The van der Waals surface area contributed by atoms with Gasteiger partial charge in [0.2, 0.25) is 5.91 Å². The van der Waals surface area contributed by atoms with Crippen LogP contribution in [0.15, 0.2) is 36.4 Å². The van der Waals surface area contributed by atoms with E-state index in [1.54, 1.807) is 0 Å². The molecule has 2 N–H and O–H groups in total. The summed E-state index contributed by atoms with van der Waals surface area (Å²) in [7, 11) is 0. The molecule has 2 atom stereocenters. The molecule has 2 aliphatic rings. The van der Waals surface area contributed by atoms with Crippen molar-refractivity contribution in [2.24, 2.45) is 5.92 Å². The van der Waals surface area contributed by atoms with Gasteiger partial charge in [0.05, 0.1) is 12.6 Å². The number of fused-ring (bicyclic) bond motifs is 5. The Morgan fingerprint density at radius 3 is 3.00 bits per heavy atom. The summed E-state index contributed by atoms with van der Waals surface area (Å²) in [6.07, 6.45) is 1.62. The van der Waals surface area contributed by atoms with Crippen LogP contribution in [0.5, 0.6) is 0 Å². The van der Waals surface area contributed by atoms with Crippen molar-refractivity contribution in [3.63, 3.8) is 0 Å². The number of nitrogens with one attached hydrogen (secondary N) is 1. The molecule has 3 heterocycles. The lowest BCUT2D eigenvalue weighted by Gasteiger charge is -2.42. The molecule has 0 bridgehead atoms. The first kappa shape index (κ1) is 12.7. The maximum absolute atomic E-state index is 12.5. The van der Waals surface area contributed by atoms with Crippen LogP contribution in [-0.4, -0.2) is 34.0 Å². The number of aliphatic hydroxyl groups excluding tert-OH is 1. The van der Waals surface area contributed by atoms with E-state index in [1.165, 1.54) is 10.9 Å². The summed E-state index contributed by atoms with van der Waals surface area (Å²) >= 11 is 0. The topological polar surface area (TPSA) is 56.3 Å². The fourth-order valence-corrected chi connectivity index (χ4v) is 3.76. The smallest absolute Gasteiger partial charge is 0.250 e. The van der Waals surface area contributed by atoms with Crippen LogP contribution in [0.4, 0.5) is 0 Å². The molecule has 1 aromatic heterocycles. The van der Waals surface area contributed by atoms with Gasteiger partial charge in [-0.2, -0.15) is 0 Å². The predicted molar refractivity (Wildman–Crippen MR) is 80.8 cm³/mol. The van der Waals surface area contributed by atoms with Crippen LogP contribution in [0.3, 0.4) is 0 Å². The second kappa shape index (κ2) is 4.46. The van der Waals surface area contributed by atoms with Gasteiger partial charge < -0.3 is 15.0 Å². The van der Waals surface area contributed by atoms with Gasteiger partial charge in [-0.25, -0.2) is 0 Å². The van der Waals surface area contributed by atoms with Gasteiger partial charge in [0.25, 0.3) is 0 Å². The van der Waals surface area contributed by atoms with Crippen LogP contribution in [0.2, 0.25) is 0 Å². The number of para-hydroxylation sites is 1. The Bertz CT molecular complexity index is 746. The zero-order valence-corrected chi connectivity index (χ0v) is 11.8. The third kappa shape index (κ3) is 1.69. The normalized spacial score (nSPS) is 25.1. The van der Waals surface area contributed by atoms with Crippen molar-refractivity contribution >= 4 is 16.8 Å². The second-order valence-corrected chi connectivity index (χ2v) is 5.97. The number of rotatable bonds is 1. The highest BCUT2D eigenvalue weighted by Gasteiger charge is 2.41. The first-order valence-corrected chi connectivity index (χ1v) is 7.40. The van der Waals surface area contributed by atoms with Crippen molar-refractivity contribution < 1.29 is 9.90 Å². The van der Waals surface area contributed by atoms with Crippen molar-refractivity contribution in [1.82, 2.24) is 9.88 Å². The lowest BCUT2D eigenvalue weighted by atomic mass is 9.82. The minimum Gasteiger partial charge on any atom is -0.396 e. The number of aliphatic hydroxyl groups is 1. The molecule has 21 heavy (non-hydrogen) atoms. The van der Waals surface area contributed by atoms with E-state index in [4.69, 9.17) is 0 Å². The summed E-state index contributed by atoms with van der Waals surface area (Å²) < 4.78 is 0. The summed E-state index contributed by atoms with van der Waals surface area (Å²) in [5.74, 6) is -0.134. The van der Waals surface area contributed by atoms with Crippen LogP contribution in [0.1, 0.15) is 23.7 Å². The molecule has 1 saturated heterocycles. The van der Waals surface area contributed by atoms with E-state index in [0.717, 1.165) is 30.6 Å². The van der Waals surface area contributed by atoms with E-state index in [1.807, 2.05) is 17.0 Å². The van der Waals surface area contributed by atoms with Gasteiger partial charge >= 0.3 is 0 Å². The molecule has 0 spiro atoms. The number of amides is 1. The van der Waals surface area contributed by atoms with Crippen molar-refractivity contribution in [3.8, 4) is 0 Å². The second-order valence-electron chi connectivity index (χ2n) is 5.97. The summed E-state index contributed by atoms with van der Waals surface area (Å²) in [6.45, 7) is 4.60. The van der Waals surface area contributed by atoms with E-state index in [0.29, 0.717) is 5.57 Å². The molecule has 1 fully saturated rings. The first-order valence-electron chi connectivity index (χ1n) is 7.40. The summed E-state index contributed by atoms with van der Waals surface area (Å²) in [6, 6.07) is 8.31. The molecule has 4 nitrogen and oxygen atoms in total. The quantitative estimate of drug-likeness (QED) is 0.788. The number of piperidine rings is 1. The van der Waals surface area contributed by atoms with Crippen LogP contribution in [0, 0.1) is 5.92 Å². The fraction of sp³-hybridized carbons (Fsp3) is 0.353. The van der Waals surface area contributed by atoms with E-state index in [9.17, 15) is 9.90 Å². The van der Waals surface area contributed by atoms with Gasteiger partial charge in [-0.15, -0.1) is 0 Å². The van der Waals surface area contributed by atoms with Crippen molar-refractivity contribution in [3.05, 3.63) is 47.7 Å². The average Bonchev–Trinajstić information content (AvgIpc) is 2.89. The Morgan fingerprint density at radius 2 is 2.19 bits per heavy atom. The van der Waals surface area contributed by atoms with Gasteiger partial charge in [-0.05, 0) is 24.5 Å². The van der Waals surface area contributed by atoms with E-state index in [-0.39, 0.29) is 24.5 Å². The zero-order valence-electron chi connectivity index (χ0n) is 11.8. The molecule has 1 aromatic carbocycles. The third-order valence-electron chi connectivity index (χ3n) is 4.92. The van der Waals surface area contributed by atoms with Crippen LogP contribution in [-0.2, 0) is 11.2 Å². The predicted octanol–water partition coefficient (Wildman–Crippen LogP) is 2.16. The SMILES string of the molecule is C=C1C(=O)N2CCc3c([nH]c4ccccc34)[C@@H]2C[C@@H]1CO. The molecular formula is C17H18N2O2. The highest BCUT2D eigenvalue weighted by molar-refractivity contribution is 5.95. The van der Waals surface area contributed by atoms with E-state index >= 15 is 0 Å². The zero-order chi connectivity index (χ0) is 14.6. The maximum atomic E-state index is 12.5. The van der Waals surface area contributed by atoms with E-state index in [2.05, 4.69) is 23.7 Å². The molecule has 108 valence electrons. The number of hydrogen-bond donors (Lipinski definition) is 2. The summed E-state index contributed by atoms with van der Waals surface area (Å²) in [5, 5.41) is 10.8. The molecular weight excluding hydrogens is 264 g/mol. The minimum atomic E-state index is -0.129. The number of aromatic nitrogens is 1. The number of nitrogens with zero attached hydrogens (tertiary/aromatic N) is 1. The van der Waals surface area contributed by atoms with Crippen LogP contribution >= 0.6 is 0 Å². The summed E-state index contributed by atoms with van der Waals surface area (Å²) in [5.41, 5.74) is 4.14. The number of H-pyrrole nitrogens is 1. The Kier molecular flexibility index (Phi) is 2.69. The van der Waals surface area contributed by atoms with E-state index < -0.39 is 0 Å². The van der Waals surface area contributed by atoms with Crippen LogP contribution in [0.25, 0.3) is 10.9 Å². The molecule has 4 rings (SSSR count). The highest BCUT2D eigenvalue weighted by Crippen LogP contribution is 2.42. The molecule has 2 aliphatic heterocycles. The van der Waals surface area contributed by atoms with Crippen LogP contribution < -0.4 is 0 Å². The van der Waals surface area contributed by atoms with Gasteiger partial charge in [0.1, 0.15) is 0 Å². The standard InChI is InChI=1S/C17H18N2O2/c1-10-11(9-20)8-15-16-13(6-7-19(15)17(10)21)12-4-2-3-5-14(12)18-16/h2-5,11,15,18,20H,1,6-9H2/t11-,15+/m1/s1. The molecule has 0 unspecified atom stereocenters. The Hall–Kier alpha value is -2.07. The van der Waals surface area contributed by atoms with Crippen molar-refractivity contribution in [2.45, 2.75) is 18.9 Å². The largest absolute Gasteiger partial charge is 0.396 e. The number of hydrogen-bond acceptors (Lipinski definition) is 2. The maximum Gasteiger partial charge on any atom is 0.250 e. The molecule has 0 aliphatic carbocycles. The molecule has 4 heteroatoms. The van der Waals surface area contributed by atoms with Crippen molar-refractivity contribution in [2.75, 3.05) is 13.2 Å². The number of benzene rings is 1. The number of carbonyl (C=O) groups is 1. The highest BCUT2D eigenvalue weighted by atomic mass is 16.3.